The molecule has 0 heterocycles. The Morgan fingerprint density at radius 1 is 1.00 bits per heavy atom. The smallest absolute Gasteiger partial charge is 0.319 e. The highest BCUT2D eigenvalue weighted by atomic mass is 79.9. The van der Waals surface area contributed by atoms with Crippen LogP contribution in [0.4, 0.5) is 21.9 Å². The zero-order valence-corrected chi connectivity index (χ0v) is 13.0. The Kier molecular flexibility index (Phi) is 4.10. The standard InChI is InChI=1S/C16H16BrN3O/c17-14-3-1-2-4-15(14)18-11-5-7-12(8-6-11)19-16(21)20-13-9-10-13/h1-8,13,18H,9-10H2,(H2,19,20,21). The van der Waals surface area contributed by atoms with Crippen LogP contribution < -0.4 is 16.0 Å². The van der Waals surface area contributed by atoms with Crippen LogP contribution in [-0.2, 0) is 0 Å². The summed E-state index contributed by atoms with van der Waals surface area (Å²) in [7, 11) is 0. The summed E-state index contributed by atoms with van der Waals surface area (Å²) in [6.07, 6.45) is 2.17. The van der Waals surface area contributed by atoms with Crippen LogP contribution in [0, 0.1) is 0 Å². The topological polar surface area (TPSA) is 53.2 Å². The number of amides is 2. The Morgan fingerprint density at radius 3 is 2.33 bits per heavy atom. The highest BCUT2D eigenvalue weighted by Gasteiger charge is 2.23. The van der Waals surface area contributed by atoms with Crippen LogP contribution in [0.1, 0.15) is 12.8 Å². The van der Waals surface area contributed by atoms with E-state index < -0.39 is 0 Å². The molecule has 0 unspecified atom stereocenters. The molecule has 2 aromatic rings. The summed E-state index contributed by atoms with van der Waals surface area (Å²) in [5.74, 6) is 0. The molecule has 0 aliphatic heterocycles. The zero-order valence-electron chi connectivity index (χ0n) is 11.4. The average Bonchev–Trinajstić information content (AvgIpc) is 3.27. The lowest BCUT2D eigenvalue weighted by atomic mass is 10.2. The number of nitrogens with one attached hydrogen (secondary N) is 3. The number of rotatable bonds is 4. The quantitative estimate of drug-likeness (QED) is 0.765. The Labute approximate surface area is 132 Å². The number of carbonyl (C=O) groups is 1. The second-order valence-electron chi connectivity index (χ2n) is 5.05. The summed E-state index contributed by atoms with van der Waals surface area (Å²) >= 11 is 3.50. The Bertz CT molecular complexity index is 638. The number of carbonyl (C=O) groups excluding carboxylic acids is 1. The van der Waals surface area contributed by atoms with Gasteiger partial charge in [0.05, 0.1) is 5.69 Å². The summed E-state index contributed by atoms with van der Waals surface area (Å²) in [4.78, 5) is 11.6. The van der Waals surface area contributed by atoms with E-state index >= 15 is 0 Å². The van der Waals surface area contributed by atoms with Gasteiger partial charge >= 0.3 is 6.03 Å². The van der Waals surface area contributed by atoms with Crippen molar-refractivity contribution in [2.45, 2.75) is 18.9 Å². The van der Waals surface area contributed by atoms with Crippen molar-refractivity contribution in [2.75, 3.05) is 10.6 Å². The molecule has 0 radical (unpaired) electrons. The van der Waals surface area contributed by atoms with Crippen LogP contribution in [0.25, 0.3) is 0 Å². The molecule has 4 nitrogen and oxygen atoms in total. The molecule has 0 saturated heterocycles. The van der Waals surface area contributed by atoms with Gasteiger partial charge in [-0.25, -0.2) is 4.79 Å². The lowest BCUT2D eigenvalue weighted by Crippen LogP contribution is -2.30. The first-order chi connectivity index (χ1) is 10.2. The lowest BCUT2D eigenvalue weighted by Gasteiger charge is -2.10. The number of urea groups is 1. The Morgan fingerprint density at radius 2 is 1.67 bits per heavy atom. The van der Waals surface area contributed by atoms with Crippen LogP contribution in [0.15, 0.2) is 53.0 Å². The molecule has 0 bridgehead atoms. The second-order valence-corrected chi connectivity index (χ2v) is 5.91. The van der Waals surface area contributed by atoms with Crippen molar-refractivity contribution in [2.24, 2.45) is 0 Å². The number of hydrogen-bond acceptors (Lipinski definition) is 2. The van der Waals surface area contributed by atoms with Gasteiger partial charge in [0.2, 0.25) is 0 Å². The van der Waals surface area contributed by atoms with Gasteiger partial charge in [0.25, 0.3) is 0 Å². The van der Waals surface area contributed by atoms with Crippen LogP contribution in [0.5, 0.6) is 0 Å². The molecule has 0 aromatic heterocycles. The molecule has 2 aromatic carbocycles. The van der Waals surface area contributed by atoms with Crippen LogP contribution >= 0.6 is 15.9 Å². The lowest BCUT2D eigenvalue weighted by molar-refractivity contribution is 0.251. The largest absolute Gasteiger partial charge is 0.355 e. The molecular weight excluding hydrogens is 330 g/mol. The van der Waals surface area contributed by atoms with Gasteiger partial charge in [-0.3, -0.25) is 0 Å². The average molecular weight is 346 g/mol. The highest BCUT2D eigenvalue weighted by Crippen LogP contribution is 2.26. The van der Waals surface area contributed by atoms with Crippen molar-refractivity contribution < 1.29 is 4.79 Å². The van der Waals surface area contributed by atoms with Gasteiger partial charge in [-0.1, -0.05) is 12.1 Å². The van der Waals surface area contributed by atoms with Gasteiger partial charge < -0.3 is 16.0 Å². The van der Waals surface area contributed by atoms with E-state index in [0.29, 0.717) is 6.04 Å². The summed E-state index contributed by atoms with van der Waals surface area (Å²) in [6.45, 7) is 0. The van der Waals surface area contributed by atoms with Crippen LogP contribution in [0.2, 0.25) is 0 Å². The molecule has 3 N–H and O–H groups in total. The maximum Gasteiger partial charge on any atom is 0.319 e. The predicted molar refractivity (Wildman–Crippen MR) is 89.0 cm³/mol. The molecule has 21 heavy (non-hydrogen) atoms. The van der Waals surface area contributed by atoms with Crippen molar-refractivity contribution in [1.82, 2.24) is 5.32 Å². The van der Waals surface area contributed by atoms with Crippen molar-refractivity contribution in [1.29, 1.82) is 0 Å². The predicted octanol–water partition coefficient (Wildman–Crippen LogP) is 4.48. The molecule has 1 aliphatic carbocycles. The van der Waals surface area contributed by atoms with Crippen molar-refractivity contribution in [3.8, 4) is 0 Å². The first-order valence-corrected chi connectivity index (χ1v) is 7.69. The maximum absolute atomic E-state index is 11.6. The monoisotopic (exact) mass is 345 g/mol. The molecule has 5 heteroatoms. The second kappa shape index (κ2) is 6.18. The third-order valence-electron chi connectivity index (χ3n) is 3.21. The highest BCUT2D eigenvalue weighted by molar-refractivity contribution is 9.10. The number of halogens is 1. The van der Waals surface area contributed by atoms with Gasteiger partial charge in [-0.15, -0.1) is 0 Å². The minimum absolute atomic E-state index is 0.135. The van der Waals surface area contributed by atoms with Crippen molar-refractivity contribution >= 4 is 39.0 Å². The normalized spacial score (nSPS) is 13.6. The SMILES string of the molecule is O=C(Nc1ccc(Nc2ccccc2Br)cc1)NC1CC1. The minimum Gasteiger partial charge on any atom is -0.355 e. The van der Waals surface area contributed by atoms with Crippen LogP contribution in [0.3, 0.4) is 0 Å². The van der Waals surface area contributed by atoms with E-state index in [1.165, 1.54) is 0 Å². The molecule has 2 amide bonds. The zero-order chi connectivity index (χ0) is 14.7. The summed E-state index contributed by atoms with van der Waals surface area (Å²) in [5.41, 5.74) is 2.76. The fraction of sp³-hybridized carbons (Fsp3) is 0.188. The summed E-state index contributed by atoms with van der Waals surface area (Å²) in [5, 5.41) is 9.04. The van der Waals surface area contributed by atoms with E-state index in [1.807, 2.05) is 48.5 Å². The van der Waals surface area contributed by atoms with E-state index in [0.717, 1.165) is 34.4 Å². The third-order valence-corrected chi connectivity index (χ3v) is 3.90. The summed E-state index contributed by atoms with van der Waals surface area (Å²) < 4.78 is 1.01. The third kappa shape index (κ3) is 3.98. The number of para-hydroxylation sites is 1. The van der Waals surface area contributed by atoms with Gasteiger partial charge in [0, 0.05) is 21.9 Å². The number of benzene rings is 2. The fourth-order valence-corrected chi connectivity index (χ4v) is 2.32. The minimum atomic E-state index is -0.135. The van der Waals surface area contributed by atoms with E-state index in [4.69, 9.17) is 0 Å². The Hall–Kier alpha value is -2.01. The molecule has 0 atom stereocenters. The van der Waals surface area contributed by atoms with E-state index in [1.54, 1.807) is 0 Å². The molecule has 108 valence electrons. The number of hydrogen-bond donors (Lipinski definition) is 3. The van der Waals surface area contributed by atoms with E-state index in [-0.39, 0.29) is 6.03 Å². The first-order valence-electron chi connectivity index (χ1n) is 6.90. The molecule has 1 fully saturated rings. The molecular formula is C16H16BrN3O. The Balaban J connectivity index is 1.61. The van der Waals surface area contributed by atoms with Gasteiger partial charge in [-0.05, 0) is 65.2 Å². The first kappa shape index (κ1) is 13.9. The molecule has 1 saturated carbocycles. The van der Waals surface area contributed by atoms with Crippen molar-refractivity contribution in [3.05, 3.63) is 53.0 Å². The van der Waals surface area contributed by atoms with Gasteiger partial charge in [0.1, 0.15) is 0 Å². The van der Waals surface area contributed by atoms with E-state index in [2.05, 4.69) is 31.9 Å². The molecule has 1 aliphatic rings. The van der Waals surface area contributed by atoms with Crippen LogP contribution in [-0.4, -0.2) is 12.1 Å². The number of anilines is 3. The molecule has 3 rings (SSSR count). The summed E-state index contributed by atoms with van der Waals surface area (Å²) in [6, 6.07) is 15.8. The van der Waals surface area contributed by atoms with Gasteiger partial charge in [-0.2, -0.15) is 0 Å². The molecule has 0 spiro atoms. The van der Waals surface area contributed by atoms with Gasteiger partial charge in [0.15, 0.2) is 0 Å². The van der Waals surface area contributed by atoms with Crippen molar-refractivity contribution in [3.63, 3.8) is 0 Å². The maximum atomic E-state index is 11.6. The van der Waals surface area contributed by atoms with E-state index in [9.17, 15) is 4.79 Å². The fourth-order valence-electron chi connectivity index (χ4n) is 1.94.